The van der Waals surface area contributed by atoms with Gasteiger partial charge in [-0.2, -0.15) is 0 Å². The van der Waals surface area contributed by atoms with Crippen molar-refractivity contribution in [3.63, 3.8) is 0 Å². The molecule has 0 spiro atoms. The maximum absolute atomic E-state index is 9.10. The van der Waals surface area contributed by atoms with Crippen molar-refractivity contribution < 1.29 is 5.41 Å². The number of fused-ring (bicyclic) bond motifs is 3. The molecule has 0 bridgehead atoms. The van der Waals surface area contributed by atoms with Gasteiger partial charge in [0.25, 0.3) is 0 Å². The summed E-state index contributed by atoms with van der Waals surface area (Å²) in [6.45, 7) is 0. The second kappa shape index (κ2) is 12.9. The fourth-order valence-corrected chi connectivity index (χ4v) is 6.79. The topological polar surface area (TPSA) is 101 Å². The number of pyridine rings is 1. The Morgan fingerprint density at radius 2 is 0.865 bits per heavy atom. The average molecular weight is 668 g/mol. The van der Waals surface area contributed by atoms with Crippen LogP contribution in [0, 0.1) is 5.41 Å². The molecule has 3 N–H and O–H groups in total. The number of allylic oxidation sites excluding steroid dienone is 1. The van der Waals surface area contributed by atoms with Gasteiger partial charge in [-0.15, -0.1) is 0 Å². The predicted octanol–water partition coefficient (Wildman–Crippen LogP) is 8.88. The highest BCUT2D eigenvalue weighted by atomic mass is 15.0. The molecule has 0 unspecified atom stereocenters. The fraction of sp³-hybridized carbons (Fsp3) is 0. The van der Waals surface area contributed by atoms with E-state index in [1.165, 1.54) is 0 Å². The van der Waals surface area contributed by atoms with Gasteiger partial charge in [0, 0.05) is 38.8 Å². The summed E-state index contributed by atoms with van der Waals surface area (Å²) in [6.07, 6.45) is 2.07. The fourth-order valence-electron chi connectivity index (χ4n) is 6.79. The van der Waals surface area contributed by atoms with Crippen molar-refractivity contribution in [2.45, 2.75) is 0 Å². The lowest BCUT2D eigenvalue weighted by Crippen LogP contribution is -2.47. The normalized spacial score (nSPS) is 12.4. The molecule has 52 heavy (non-hydrogen) atoms. The second-order valence-electron chi connectivity index (χ2n) is 12.7. The standard InChI is InChI=1S/C46H30N6/c47-41-37(30-13-5-1-6-14-30)28-38-40(42(41)48)36-26-25-35(27-39(36)49-43(38)31-15-7-2-8-16-31)29-21-23-34(24-22-29)46-51-44(32-17-9-3-10-18-32)50-45(52-46)33-19-11-4-12-20-33/h1-28,47-48H/p+1. The molecule has 0 atom stereocenters. The summed E-state index contributed by atoms with van der Waals surface area (Å²) < 4.78 is 0. The summed E-state index contributed by atoms with van der Waals surface area (Å²) in [5, 5.41) is 16.9. The molecule has 0 saturated heterocycles. The van der Waals surface area contributed by atoms with Crippen LogP contribution in [-0.4, -0.2) is 31.4 Å². The number of rotatable bonds is 6. The molecular weight excluding hydrogens is 637 g/mol. The average Bonchev–Trinajstić information content (AvgIpc) is 3.22. The zero-order valence-electron chi connectivity index (χ0n) is 28.0. The first-order valence-corrected chi connectivity index (χ1v) is 17.1. The van der Waals surface area contributed by atoms with E-state index in [0.717, 1.165) is 72.2 Å². The Morgan fingerprint density at radius 1 is 0.423 bits per heavy atom. The Balaban J connectivity index is 1.14. The molecule has 6 heteroatoms. The Labute approximate surface area is 300 Å². The molecule has 1 aliphatic rings. The second-order valence-corrected chi connectivity index (χ2v) is 12.7. The van der Waals surface area contributed by atoms with Gasteiger partial charge in [0.15, 0.2) is 17.5 Å². The highest BCUT2D eigenvalue weighted by Crippen LogP contribution is 2.38. The molecule has 9 rings (SSSR count). The van der Waals surface area contributed by atoms with Crippen LogP contribution in [0.5, 0.6) is 0 Å². The van der Waals surface area contributed by atoms with E-state index in [1.54, 1.807) is 0 Å². The van der Waals surface area contributed by atoms with Crippen LogP contribution in [0.4, 0.5) is 0 Å². The van der Waals surface area contributed by atoms with Crippen molar-refractivity contribution in [3.05, 3.63) is 180 Å². The molecule has 0 aliphatic heterocycles. The highest BCUT2D eigenvalue weighted by Gasteiger charge is 2.31. The van der Waals surface area contributed by atoms with Crippen molar-refractivity contribution in [3.8, 4) is 56.5 Å². The third kappa shape index (κ3) is 5.58. The third-order valence-corrected chi connectivity index (χ3v) is 9.43. The molecule has 0 saturated carbocycles. The van der Waals surface area contributed by atoms with Gasteiger partial charge in [0.2, 0.25) is 5.71 Å². The first kappa shape index (κ1) is 30.8. The summed E-state index contributed by atoms with van der Waals surface area (Å²) >= 11 is 0. The van der Waals surface area contributed by atoms with E-state index in [2.05, 4.69) is 60.7 Å². The summed E-state index contributed by atoms with van der Waals surface area (Å²) in [7, 11) is 0. The van der Waals surface area contributed by atoms with Crippen molar-refractivity contribution in [1.29, 1.82) is 5.41 Å². The molecular formula is C46H31N6+. The summed E-state index contributed by atoms with van der Waals surface area (Å²) in [6, 6.07) is 54.7. The molecule has 2 aromatic heterocycles. The van der Waals surface area contributed by atoms with Gasteiger partial charge in [-0.3, -0.25) is 10.8 Å². The van der Waals surface area contributed by atoms with Crippen LogP contribution in [0.3, 0.4) is 0 Å². The van der Waals surface area contributed by atoms with E-state index in [9.17, 15) is 0 Å². The number of benzene rings is 6. The first-order chi connectivity index (χ1) is 25.6. The van der Waals surface area contributed by atoms with Gasteiger partial charge in [-0.25, -0.2) is 19.9 Å². The number of nitrogens with one attached hydrogen (secondary N) is 1. The number of nitrogens with two attached hydrogens (primary N) is 1. The van der Waals surface area contributed by atoms with Gasteiger partial charge in [-0.1, -0.05) is 158 Å². The molecule has 1 aliphatic carbocycles. The largest absolute Gasteiger partial charge is 0.294 e. The number of hydrogen-bond donors (Lipinski definition) is 2. The van der Waals surface area contributed by atoms with Crippen LogP contribution in [0.15, 0.2) is 164 Å². The Hall–Kier alpha value is -7.18. The number of hydrogen-bond acceptors (Lipinski definition) is 5. The third-order valence-electron chi connectivity index (χ3n) is 9.43. The molecule has 6 aromatic carbocycles. The zero-order chi connectivity index (χ0) is 35.0. The van der Waals surface area contributed by atoms with Gasteiger partial charge < -0.3 is 0 Å². The van der Waals surface area contributed by atoms with Gasteiger partial charge in [0.1, 0.15) is 5.71 Å². The zero-order valence-corrected chi connectivity index (χ0v) is 28.0. The Kier molecular flexibility index (Phi) is 7.67. The molecule has 244 valence electrons. The van der Waals surface area contributed by atoms with E-state index >= 15 is 0 Å². The lowest BCUT2D eigenvalue weighted by Gasteiger charge is -2.21. The first-order valence-electron chi connectivity index (χ1n) is 17.1. The summed E-state index contributed by atoms with van der Waals surface area (Å²) in [5.74, 6) is 1.86. The SMILES string of the molecule is N=C1C(=[NH2+])c2c(c(-c3ccccc3)nc3cc(-c4ccc(-c5nc(-c6ccccc6)nc(-c6ccccc6)n5)cc4)ccc23)C=C1c1ccccc1. The Bertz CT molecular complexity index is 2610. The monoisotopic (exact) mass is 667 g/mol. The lowest BCUT2D eigenvalue weighted by molar-refractivity contribution is -0.109. The molecule has 0 fully saturated rings. The molecule has 0 radical (unpaired) electrons. The Morgan fingerprint density at radius 3 is 1.40 bits per heavy atom. The van der Waals surface area contributed by atoms with E-state index in [4.69, 9.17) is 30.8 Å². The number of nitrogens with zero attached hydrogens (tertiary/aromatic N) is 4. The molecule has 6 nitrogen and oxygen atoms in total. The van der Waals surface area contributed by atoms with E-state index in [1.807, 2.05) is 109 Å². The maximum atomic E-state index is 9.10. The van der Waals surface area contributed by atoms with Crippen molar-refractivity contribution in [2.24, 2.45) is 0 Å². The molecule has 0 amide bonds. The smallest absolute Gasteiger partial charge is 0.231 e. The van der Waals surface area contributed by atoms with E-state index in [0.29, 0.717) is 28.9 Å². The molecule has 8 aromatic rings. The summed E-state index contributed by atoms with van der Waals surface area (Å²) in [4.78, 5) is 19.9. The minimum atomic E-state index is 0.314. The van der Waals surface area contributed by atoms with Crippen LogP contribution in [0.2, 0.25) is 0 Å². The van der Waals surface area contributed by atoms with E-state index < -0.39 is 0 Å². The van der Waals surface area contributed by atoms with Gasteiger partial charge in [-0.05, 0) is 28.8 Å². The minimum absolute atomic E-state index is 0.314. The van der Waals surface area contributed by atoms with Gasteiger partial charge >= 0.3 is 0 Å². The highest BCUT2D eigenvalue weighted by molar-refractivity contribution is 6.63. The maximum Gasteiger partial charge on any atom is 0.231 e. The van der Waals surface area contributed by atoms with Crippen LogP contribution in [-0.2, 0) is 0 Å². The van der Waals surface area contributed by atoms with Crippen LogP contribution in [0.1, 0.15) is 16.7 Å². The molecule has 2 heterocycles. The number of aromatic nitrogens is 4. The lowest BCUT2D eigenvalue weighted by atomic mass is 9.82. The predicted molar refractivity (Wildman–Crippen MR) is 210 cm³/mol. The van der Waals surface area contributed by atoms with Crippen molar-refractivity contribution in [2.75, 3.05) is 0 Å². The van der Waals surface area contributed by atoms with Crippen molar-refractivity contribution in [1.82, 2.24) is 19.9 Å². The van der Waals surface area contributed by atoms with Crippen LogP contribution >= 0.6 is 0 Å². The van der Waals surface area contributed by atoms with Gasteiger partial charge in [0.05, 0.1) is 16.8 Å². The van der Waals surface area contributed by atoms with Crippen LogP contribution in [0.25, 0.3) is 79.1 Å². The van der Waals surface area contributed by atoms with Crippen LogP contribution < -0.4 is 5.41 Å². The summed E-state index contributed by atoms with van der Waals surface area (Å²) in [5.41, 5.74) is 11.7. The van der Waals surface area contributed by atoms with E-state index in [-0.39, 0.29) is 0 Å². The van der Waals surface area contributed by atoms with Crippen molar-refractivity contribution >= 4 is 34.0 Å². The minimum Gasteiger partial charge on any atom is -0.294 e. The quantitative estimate of drug-likeness (QED) is 0.185.